The van der Waals surface area contributed by atoms with Gasteiger partial charge in [0.1, 0.15) is 24.8 Å². The van der Waals surface area contributed by atoms with Gasteiger partial charge in [-0.05, 0) is 19.1 Å². The molecule has 0 aliphatic heterocycles. The van der Waals surface area contributed by atoms with Crippen LogP contribution in [0.2, 0.25) is 0 Å². The number of nitrogens with one attached hydrogen (secondary N) is 1. The van der Waals surface area contributed by atoms with Crippen LogP contribution in [-0.4, -0.2) is 29.7 Å². The topological polar surface area (TPSA) is 82.3 Å². The summed E-state index contributed by atoms with van der Waals surface area (Å²) in [7, 11) is 0. The van der Waals surface area contributed by atoms with Gasteiger partial charge >= 0.3 is 0 Å². The van der Waals surface area contributed by atoms with Crippen molar-refractivity contribution < 1.29 is 9.47 Å². The van der Waals surface area contributed by atoms with Gasteiger partial charge < -0.3 is 20.5 Å². The minimum Gasteiger partial charge on any atom is -0.490 e. The van der Waals surface area contributed by atoms with E-state index in [0.29, 0.717) is 24.9 Å². The van der Waals surface area contributed by atoms with E-state index in [2.05, 4.69) is 15.3 Å². The van der Waals surface area contributed by atoms with Crippen molar-refractivity contribution in [1.29, 1.82) is 0 Å². The molecule has 0 atom stereocenters. The highest BCUT2D eigenvalue weighted by Crippen LogP contribution is 2.14. The molecule has 0 amide bonds. The average Bonchev–Trinajstić information content (AvgIpc) is 2.45. The van der Waals surface area contributed by atoms with Crippen LogP contribution in [0.15, 0.2) is 36.4 Å². The van der Waals surface area contributed by atoms with Gasteiger partial charge in [-0.25, -0.2) is 0 Å². The van der Waals surface area contributed by atoms with E-state index in [1.165, 1.54) is 0 Å². The Bertz CT molecular complexity index is 534. The van der Waals surface area contributed by atoms with Crippen molar-refractivity contribution in [2.24, 2.45) is 0 Å². The van der Waals surface area contributed by atoms with Crippen molar-refractivity contribution in [3.05, 3.63) is 36.4 Å². The van der Waals surface area contributed by atoms with Gasteiger partial charge in [0.05, 0.1) is 0 Å². The number of benzene rings is 1. The molecule has 2 aromatic rings. The second-order valence-corrected chi connectivity index (χ2v) is 3.99. The molecule has 0 radical (unpaired) electrons. The predicted molar refractivity (Wildman–Crippen MR) is 78.0 cm³/mol. The fraction of sp³-hybridized carbons (Fsp3) is 0.286. The molecule has 6 heteroatoms. The highest BCUT2D eigenvalue weighted by Gasteiger charge is 2.02. The Hall–Kier alpha value is -2.50. The summed E-state index contributed by atoms with van der Waals surface area (Å²) >= 11 is 0. The number of para-hydroxylation sites is 1. The Morgan fingerprint density at radius 2 is 1.85 bits per heavy atom. The monoisotopic (exact) mass is 274 g/mol. The largest absolute Gasteiger partial charge is 0.490 e. The van der Waals surface area contributed by atoms with E-state index in [1.54, 1.807) is 6.07 Å². The van der Waals surface area contributed by atoms with Crippen LogP contribution in [0.1, 0.15) is 6.92 Å². The molecule has 2 rings (SSSR count). The quantitative estimate of drug-likeness (QED) is 0.751. The lowest BCUT2D eigenvalue weighted by Gasteiger charge is -2.09. The van der Waals surface area contributed by atoms with E-state index in [4.69, 9.17) is 15.2 Å². The SMILES string of the molecule is CCNc1cc(OCCOc2ccccc2)nc(N)n1. The first-order valence-electron chi connectivity index (χ1n) is 6.47. The molecule has 0 unspecified atom stereocenters. The van der Waals surface area contributed by atoms with E-state index in [-0.39, 0.29) is 5.95 Å². The molecule has 1 heterocycles. The predicted octanol–water partition coefficient (Wildman–Crippen LogP) is 1.95. The summed E-state index contributed by atoms with van der Waals surface area (Å²) in [5, 5.41) is 3.06. The number of ether oxygens (including phenoxy) is 2. The second-order valence-electron chi connectivity index (χ2n) is 3.99. The summed E-state index contributed by atoms with van der Waals surface area (Å²) < 4.78 is 11.0. The molecule has 0 saturated heterocycles. The van der Waals surface area contributed by atoms with Gasteiger partial charge in [-0.2, -0.15) is 9.97 Å². The molecule has 6 nitrogen and oxygen atoms in total. The first kappa shape index (κ1) is 13.9. The van der Waals surface area contributed by atoms with Gasteiger partial charge in [-0.3, -0.25) is 0 Å². The summed E-state index contributed by atoms with van der Waals surface area (Å²) in [5.74, 6) is 2.08. The van der Waals surface area contributed by atoms with Gasteiger partial charge in [0.25, 0.3) is 0 Å². The van der Waals surface area contributed by atoms with Crippen LogP contribution in [0.3, 0.4) is 0 Å². The lowest BCUT2D eigenvalue weighted by Crippen LogP contribution is -2.11. The van der Waals surface area contributed by atoms with Crippen LogP contribution in [0.5, 0.6) is 11.6 Å². The van der Waals surface area contributed by atoms with E-state index in [0.717, 1.165) is 12.3 Å². The molecule has 3 N–H and O–H groups in total. The van der Waals surface area contributed by atoms with Gasteiger partial charge in [-0.15, -0.1) is 0 Å². The van der Waals surface area contributed by atoms with Crippen molar-refractivity contribution in [2.75, 3.05) is 30.8 Å². The zero-order chi connectivity index (χ0) is 14.2. The third kappa shape index (κ3) is 4.31. The standard InChI is InChI=1S/C14H18N4O2/c1-2-16-12-10-13(18-14(15)17-12)20-9-8-19-11-6-4-3-5-7-11/h3-7,10H,2,8-9H2,1H3,(H3,15,16,17,18). The third-order valence-corrected chi connectivity index (χ3v) is 2.42. The molecule has 20 heavy (non-hydrogen) atoms. The number of anilines is 2. The number of rotatable bonds is 7. The summed E-state index contributed by atoms with van der Waals surface area (Å²) in [4.78, 5) is 8.05. The minimum atomic E-state index is 0.183. The van der Waals surface area contributed by atoms with Gasteiger partial charge in [0.2, 0.25) is 11.8 Å². The molecule has 0 bridgehead atoms. The van der Waals surface area contributed by atoms with Crippen LogP contribution < -0.4 is 20.5 Å². The number of nitrogen functional groups attached to an aromatic ring is 1. The third-order valence-electron chi connectivity index (χ3n) is 2.42. The molecule has 0 aliphatic rings. The molecule has 0 spiro atoms. The molecule has 0 fully saturated rings. The van der Waals surface area contributed by atoms with Crippen LogP contribution in [-0.2, 0) is 0 Å². The van der Waals surface area contributed by atoms with E-state index < -0.39 is 0 Å². The fourth-order valence-corrected chi connectivity index (χ4v) is 1.61. The molecule has 0 aliphatic carbocycles. The van der Waals surface area contributed by atoms with E-state index >= 15 is 0 Å². The van der Waals surface area contributed by atoms with Crippen molar-refractivity contribution in [1.82, 2.24) is 9.97 Å². The van der Waals surface area contributed by atoms with Gasteiger partial charge in [-0.1, -0.05) is 18.2 Å². The summed E-state index contributed by atoms with van der Waals surface area (Å²) in [6, 6.07) is 11.3. The summed E-state index contributed by atoms with van der Waals surface area (Å²) in [5.41, 5.74) is 5.61. The average molecular weight is 274 g/mol. The van der Waals surface area contributed by atoms with Crippen LogP contribution >= 0.6 is 0 Å². The van der Waals surface area contributed by atoms with Crippen LogP contribution in [0, 0.1) is 0 Å². The normalized spacial score (nSPS) is 10.1. The number of nitrogens with two attached hydrogens (primary N) is 1. The van der Waals surface area contributed by atoms with Crippen molar-refractivity contribution in [3.8, 4) is 11.6 Å². The van der Waals surface area contributed by atoms with Crippen LogP contribution in [0.4, 0.5) is 11.8 Å². The summed E-state index contributed by atoms with van der Waals surface area (Å²) in [6.07, 6.45) is 0. The highest BCUT2D eigenvalue weighted by atomic mass is 16.5. The maximum atomic E-state index is 5.61. The number of nitrogens with zero attached hydrogens (tertiary/aromatic N) is 2. The first-order valence-corrected chi connectivity index (χ1v) is 6.47. The zero-order valence-corrected chi connectivity index (χ0v) is 11.4. The Balaban J connectivity index is 1.81. The maximum absolute atomic E-state index is 5.61. The lowest BCUT2D eigenvalue weighted by atomic mass is 10.3. The molecular weight excluding hydrogens is 256 g/mol. The molecule has 1 aromatic heterocycles. The molecule has 106 valence electrons. The van der Waals surface area contributed by atoms with Gasteiger partial charge in [0, 0.05) is 12.6 Å². The van der Waals surface area contributed by atoms with Crippen molar-refractivity contribution in [3.63, 3.8) is 0 Å². The lowest BCUT2D eigenvalue weighted by molar-refractivity contribution is 0.212. The maximum Gasteiger partial charge on any atom is 0.225 e. The number of hydrogen-bond acceptors (Lipinski definition) is 6. The van der Waals surface area contributed by atoms with Crippen molar-refractivity contribution >= 4 is 11.8 Å². The van der Waals surface area contributed by atoms with Crippen LogP contribution in [0.25, 0.3) is 0 Å². The fourth-order valence-electron chi connectivity index (χ4n) is 1.61. The van der Waals surface area contributed by atoms with Gasteiger partial charge in [0.15, 0.2) is 0 Å². The number of aromatic nitrogens is 2. The van der Waals surface area contributed by atoms with E-state index in [9.17, 15) is 0 Å². The molecule has 0 saturated carbocycles. The highest BCUT2D eigenvalue weighted by molar-refractivity contribution is 5.42. The Morgan fingerprint density at radius 3 is 2.60 bits per heavy atom. The molecule has 1 aromatic carbocycles. The summed E-state index contributed by atoms with van der Waals surface area (Å²) in [6.45, 7) is 3.56. The number of hydrogen-bond donors (Lipinski definition) is 2. The Morgan fingerprint density at radius 1 is 1.10 bits per heavy atom. The van der Waals surface area contributed by atoms with E-state index in [1.807, 2.05) is 37.3 Å². The Labute approximate surface area is 118 Å². The minimum absolute atomic E-state index is 0.183. The first-order chi connectivity index (χ1) is 9.78. The zero-order valence-electron chi connectivity index (χ0n) is 11.4. The smallest absolute Gasteiger partial charge is 0.225 e. The Kier molecular flexibility index (Phi) is 5.00. The second kappa shape index (κ2) is 7.18. The molecular formula is C14H18N4O2. The van der Waals surface area contributed by atoms with Crippen molar-refractivity contribution in [2.45, 2.75) is 6.92 Å².